The number of likely N-dealkylation sites (N-methyl/N-ethyl adjacent to an activating group) is 1. The first kappa shape index (κ1) is 20.2. The van der Waals surface area contributed by atoms with E-state index in [9.17, 15) is 9.59 Å². The third-order valence-electron chi connectivity index (χ3n) is 4.94. The van der Waals surface area contributed by atoms with Crippen LogP contribution in [0.2, 0.25) is 10.0 Å². The average Bonchev–Trinajstić information content (AvgIpc) is 3.02. The number of hydrogen-bond donors (Lipinski definition) is 0. The van der Waals surface area contributed by atoms with Gasteiger partial charge in [-0.3, -0.25) is 9.59 Å². The maximum atomic E-state index is 13.5. The van der Waals surface area contributed by atoms with Gasteiger partial charge < -0.3 is 4.90 Å². The van der Waals surface area contributed by atoms with E-state index in [2.05, 4.69) is 0 Å². The van der Waals surface area contributed by atoms with Crippen LogP contribution >= 0.6 is 23.2 Å². The number of anilines is 1. The molecule has 1 aliphatic rings. The van der Waals surface area contributed by atoms with Crippen LogP contribution < -0.4 is 4.90 Å². The summed E-state index contributed by atoms with van der Waals surface area (Å²) in [4.78, 5) is 29.9. The van der Waals surface area contributed by atoms with Gasteiger partial charge in [-0.05, 0) is 23.3 Å². The van der Waals surface area contributed by atoms with E-state index in [1.807, 2.05) is 60.7 Å². The smallest absolute Gasteiger partial charge is 0.282 e. The lowest BCUT2D eigenvalue weighted by molar-refractivity contribution is -0.120. The second-order valence-electron chi connectivity index (χ2n) is 6.95. The molecule has 0 N–H and O–H groups in total. The summed E-state index contributed by atoms with van der Waals surface area (Å²) in [6.07, 6.45) is 0. The number of rotatable bonds is 5. The number of hydrogen-bond acceptors (Lipinski definition) is 3. The quantitative estimate of drug-likeness (QED) is 0.502. The first-order valence-electron chi connectivity index (χ1n) is 9.36. The van der Waals surface area contributed by atoms with Gasteiger partial charge in [-0.25, -0.2) is 4.90 Å². The predicted molar refractivity (Wildman–Crippen MR) is 120 cm³/mol. The molecule has 4 nitrogen and oxygen atoms in total. The fraction of sp³-hybridized carbons (Fsp3) is 0.0833. The first-order valence-corrected chi connectivity index (χ1v) is 10.1. The van der Waals surface area contributed by atoms with Crippen LogP contribution in [0.25, 0.3) is 5.57 Å². The van der Waals surface area contributed by atoms with E-state index in [-0.39, 0.29) is 15.7 Å². The third-order valence-corrected chi connectivity index (χ3v) is 5.75. The fourth-order valence-corrected chi connectivity index (χ4v) is 3.94. The summed E-state index contributed by atoms with van der Waals surface area (Å²) >= 11 is 12.5. The Bertz CT molecular complexity index is 1140. The van der Waals surface area contributed by atoms with E-state index >= 15 is 0 Å². The highest BCUT2D eigenvalue weighted by Crippen LogP contribution is 2.39. The predicted octanol–water partition coefficient (Wildman–Crippen LogP) is 5.41. The van der Waals surface area contributed by atoms with Gasteiger partial charge in [0.25, 0.3) is 11.8 Å². The summed E-state index contributed by atoms with van der Waals surface area (Å²) in [6, 6.07) is 23.9. The van der Waals surface area contributed by atoms with Gasteiger partial charge in [0, 0.05) is 13.6 Å². The normalized spacial score (nSPS) is 13.9. The molecule has 3 aromatic rings. The second kappa shape index (κ2) is 8.34. The van der Waals surface area contributed by atoms with E-state index in [1.165, 1.54) is 0 Å². The Morgan fingerprint density at radius 2 is 1.43 bits per heavy atom. The molecule has 0 atom stereocenters. The van der Waals surface area contributed by atoms with Crippen LogP contribution in [-0.4, -0.2) is 23.8 Å². The summed E-state index contributed by atoms with van der Waals surface area (Å²) in [5.41, 5.74) is 2.64. The number of carbonyl (C=O) groups is 2. The molecule has 30 heavy (non-hydrogen) atoms. The molecule has 0 saturated heterocycles. The Morgan fingerprint density at radius 3 is 2.10 bits per heavy atom. The zero-order valence-electron chi connectivity index (χ0n) is 16.2. The summed E-state index contributed by atoms with van der Waals surface area (Å²) in [6.45, 7) is 0.475. The van der Waals surface area contributed by atoms with Gasteiger partial charge in [0.2, 0.25) is 0 Å². The Kier molecular flexibility index (Phi) is 5.62. The van der Waals surface area contributed by atoms with Gasteiger partial charge >= 0.3 is 0 Å². The van der Waals surface area contributed by atoms with E-state index < -0.39 is 11.8 Å². The van der Waals surface area contributed by atoms with Gasteiger partial charge in [-0.15, -0.1) is 0 Å². The summed E-state index contributed by atoms with van der Waals surface area (Å²) < 4.78 is 0. The molecule has 0 spiro atoms. The van der Waals surface area contributed by atoms with Crippen molar-refractivity contribution in [3.05, 3.63) is 106 Å². The molecule has 150 valence electrons. The lowest BCUT2D eigenvalue weighted by Gasteiger charge is -2.22. The number of benzene rings is 3. The highest BCUT2D eigenvalue weighted by molar-refractivity contribution is 6.49. The molecule has 1 heterocycles. The lowest BCUT2D eigenvalue weighted by Crippen LogP contribution is -2.34. The molecular weight excluding hydrogens is 419 g/mol. The zero-order chi connectivity index (χ0) is 21.3. The average molecular weight is 437 g/mol. The molecule has 0 aromatic heterocycles. The summed E-state index contributed by atoms with van der Waals surface area (Å²) in [5, 5.41) is 0.447. The highest BCUT2D eigenvalue weighted by atomic mass is 35.5. The van der Waals surface area contributed by atoms with Gasteiger partial charge in [-0.1, -0.05) is 89.9 Å². The van der Waals surface area contributed by atoms with Crippen molar-refractivity contribution in [2.45, 2.75) is 6.54 Å². The molecule has 1 aliphatic heterocycles. The minimum atomic E-state index is -0.429. The van der Waals surface area contributed by atoms with Crippen molar-refractivity contribution in [1.29, 1.82) is 0 Å². The minimum absolute atomic E-state index is 0.167. The van der Waals surface area contributed by atoms with Crippen LogP contribution in [0.3, 0.4) is 0 Å². The molecule has 0 saturated carbocycles. The van der Waals surface area contributed by atoms with Crippen molar-refractivity contribution in [3.8, 4) is 0 Å². The molecular formula is C24H18Cl2N2O2. The number of nitrogens with zero attached hydrogens (tertiary/aromatic N) is 2. The number of halogens is 2. The van der Waals surface area contributed by atoms with Crippen LogP contribution in [0.5, 0.6) is 0 Å². The molecule has 4 rings (SSSR count). The van der Waals surface area contributed by atoms with Crippen molar-refractivity contribution in [2.24, 2.45) is 0 Å². The van der Waals surface area contributed by atoms with E-state index in [1.54, 1.807) is 30.1 Å². The second-order valence-corrected chi connectivity index (χ2v) is 7.74. The van der Waals surface area contributed by atoms with Gasteiger partial charge in [-0.2, -0.15) is 0 Å². The monoisotopic (exact) mass is 436 g/mol. The highest BCUT2D eigenvalue weighted by Gasteiger charge is 2.42. The molecule has 0 unspecified atom stereocenters. The number of imide groups is 1. The number of carbonyl (C=O) groups excluding carboxylic acids is 2. The standard InChI is InChI=1S/C24H18Cl2N2O2/c1-27(15-16-9-4-2-5-10-16)22-20(17-11-6-3-7-12-17)23(29)28(24(22)30)19-14-8-13-18(25)21(19)26/h2-14H,15H2,1H3. The maximum Gasteiger partial charge on any atom is 0.282 e. The van der Waals surface area contributed by atoms with Crippen molar-refractivity contribution >= 4 is 46.3 Å². The Labute approximate surface area is 184 Å². The third kappa shape index (κ3) is 3.60. The lowest BCUT2D eigenvalue weighted by atomic mass is 10.0. The molecule has 0 radical (unpaired) electrons. The van der Waals surface area contributed by atoms with Crippen LogP contribution in [0.1, 0.15) is 11.1 Å². The molecule has 0 fully saturated rings. The van der Waals surface area contributed by atoms with Gasteiger partial charge in [0.05, 0.1) is 21.3 Å². The summed E-state index contributed by atoms with van der Waals surface area (Å²) in [7, 11) is 1.81. The van der Waals surface area contributed by atoms with Gasteiger partial charge in [0.1, 0.15) is 5.70 Å². The Morgan fingerprint density at radius 1 is 0.800 bits per heavy atom. The van der Waals surface area contributed by atoms with Gasteiger partial charge in [0.15, 0.2) is 0 Å². The Balaban J connectivity index is 1.82. The Hall–Kier alpha value is -3.08. The van der Waals surface area contributed by atoms with Crippen molar-refractivity contribution in [3.63, 3.8) is 0 Å². The van der Waals surface area contributed by atoms with Crippen LogP contribution in [0, 0.1) is 0 Å². The topological polar surface area (TPSA) is 40.6 Å². The first-order chi connectivity index (χ1) is 14.5. The minimum Gasteiger partial charge on any atom is -0.365 e. The van der Waals surface area contributed by atoms with E-state index in [0.717, 1.165) is 10.5 Å². The SMILES string of the molecule is CN(Cc1ccccc1)C1=C(c2ccccc2)C(=O)N(c2cccc(Cl)c2Cl)C1=O. The molecule has 0 aliphatic carbocycles. The van der Waals surface area contributed by atoms with Crippen LogP contribution in [-0.2, 0) is 16.1 Å². The number of amides is 2. The van der Waals surface area contributed by atoms with E-state index in [0.29, 0.717) is 23.4 Å². The van der Waals surface area contributed by atoms with Crippen molar-refractivity contribution < 1.29 is 9.59 Å². The largest absolute Gasteiger partial charge is 0.365 e. The van der Waals surface area contributed by atoms with Crippen LogP contribution in [0.4, 0.5) is 5.69 Å². The van der Waals surface area contributed by atoms with Crippen molar-refractivity contribution in [1.82, 2.24) is 4.90 Å². The van der Waals surface area contributed by atoms with E-state index in [4.69, 9.17) is 23.2 Å². The summed E-state index contributed by atoms with van der Waals surface area (Å²) in [5.74, 6) is -0.855. The zero-order valence-corrected chi connectivity index (χ0v) is 17.7. The molecule has 3 aromatic carbocycles. The molecule has 0 bridgehead atoms. The van der Waals surface area contributed by atoms with Crippen molar-refractivity contribution in [2.75, 3.05) is 11.9 Å². The fourth-order valence-electron chi connectivity index (χ4n) is 3.56. The maximum absolute atomic E-state index is 13.5. The molecule has 6 heteroatoms. The van der Waals surface area contributed by atoms with Crippen LogP contribution in [0.15, 0.2) is 84.6 Å². The molecule has 2 amide bonds.